The number of carbonyl (C=O) groups excluding carboxylic acids is 1. The molecular formula is C14H26N4OS. The third kappa shape index (κ3) is 4.40. The molecule has 0 aromatic carbocycles. The van der Waals surface area contributed by atoms with Gasteiger partial charge in [-0.05, 0) is 19.8 Å². The van der Waals surface area contributed by atoms with Crippen molar-refractivity contribution in [2.24, 2.45) is 5.73 Å². The topological polar surface area (TPSA) is 61.6 Å². The van der Waals surface area contributed by atoms with E-state index in [0.29, 0.717) is 17.6 Å². The summed E-state index contributed by atoms with van der Waals surface area (Å²) in [6, 6.07) is 0.364. The lowest BCUT2D eigenvalue weighted by Gasteiger charge is -2.37. The lowest BCUT2D eigenvalue weighted by Crippen LogP contribution is -2.55. The van der Waals surface area contributed by atoms with E-state index < -0.39 is 0 Å². The molecule has 114 valence electrons. The molecule has 0 spiro atoms. The summed E-state index contributed by atoms with van der Waals surface area (Å²) in [5, 5.41) is 3.18. The average Bonchev–Trinajstić information content (AvgIpc) is 2.91. The molecule has 1 unspecified atom stereocenters. The van der Waals surface area contributed by atoms with Gasteiger partial charge in [-0.1, -0.05) is 25.1 Å². The Hall–Kier alpha value is -0.720. The second-order valence-electron chi connectivity index (χ2n) is 5.94. The van der Waals surface area contributed by atoms with Crippen LogP contribution in [0.5, 0.6) is 0 Å². The zero-order chi connectivity index (χ0) is 14.5. The summed E-state index contributed by atoms with van der Waals surface area (Å²) in [5.74, 6) is 0.180. The molecule has 1 saturated heterocycles. The molecule has 5 nitrogen and oxygen atoms in total. The molecule has 0 bridgehead atoms. The predicted octanol–water partition coefficient (Wildman–Crippen LogP) is 0.337. The van der Waals surface area contributed by atoms with Crippen LogP contribution < -0.4 is 11.1 Å². The fourth-order valence-electron chi connectivity index (χ4n) is 3.09. The number of carbonyl (C=O) groups is 1. The minimum absolute atomic E-state index is 0.0393. The van der Waals surface area contributed by atoms with Gasteiger partial charge in [0.25, 0.3) is 0 Å². The molecule has 20 heavy (non-hydrogen) atoms. The second-order valence-corrected chi connectivity index (χ2v) is 6.47. The Kier molecular flexibility index (Phi) is 5.74. The van der Waals surface area contributed by atoms with Gasteiger partial charge in [0, 0.05) is 38.8 Å². The van der Waals surface area contributed by atoms with Crippen molar-refractivity contribution in [1.82, 2.24) is 15.1 Å². The van der Waals surface area contributed by atoms with Gasteiger partial charge in [0.05, 0.1) is 11.0 Å². The molecule has 1 amide bonds. The largest absolute Gasteiger partial charge is 0.392 e. The summed E-state index contributed by atoms with van der Waals surface area (Å²) in [6.07, 6.45) is 4.77. The van der Waals surface area contributed by atoms with Crippen molar-refractivity contribution in [3.8, 4) is 0 Å². The van der Waals surface area contributed by atoms with Crippen molar-refractivity contribution in [3.63, 3.8) is 0 Å². The number of rotatable bonds is 5. The van der Waals surface area contributed by atoms with Gasteiger partial charge in [-0.3, -0.25) is 14.6 Å². The highest BCUT2D eigenvalue weighted by Crippen LogP contribution is 2.18. The smallest absolute Gasteiger partial charge is 0.237 e. The van der Waals surface area contributed by atoms with Crippen molar-refractivity contribution in [1.29, 1.82) is 0 Å². The zero-order valence-corrected chi connectivity index (χ0v) is 13.1. The molecule has 1 aliphatic carbocycles. The van der Waals surface area contributed by atoms with Crippen molar-refractivity contribution in [2.75, 3.05) is 32.7 Å². The summed E-state index contributed by atoms with van der Waals surface area (Å²) < 4.78 is 0. The highest BCUT2D eigenvalue weighted by Gasteiger charge is 2.27. The van der Waals surface area contributed by atoms with Gasteiger partial charge < -0.3 is 11.1 Å². The van der Waals surface area contributed by atoms with Crippen molar-refractivity contribution >= 4 is 23.1 Å². The van der Waals surface area contributed by atoms with Crippen LogP contribution in [0.3, 0.4) is 0 Å². The molecule has 1 atom stereocenters. The standard InChI is InChI=1S/C14H26N4OS/c1-11(14(19)16-12-4-2-3-5-12)18-8-6-17(7-9-18)10-13(15)20/h11-12H,2-10H2,1H3,(H2,15,20)(H,16,19). The van der Waals surface area contributed by atoms with Crippen molar-refractivity contribution in [3.05, 3.63) is 0 Å². The second kappa shape index (κ2) is 7.33. The first kappa shape index (κ1) is 15.7. The number of nitrogens with one attached hydrogen (secondary N) is 1. The third-order valence-electron chi connectivity index (χ3n) is 4.42. The van der Waals surface area contributed by atoms with Gasteiger partial charge in [0.2, 0.25) is 5.91 Å². The SMILES string of the molecule is CC(C(=O)NC1CCCC1)N1CCN(CC(N)=S)CC1. The Morgan fingerprint density at radius 2 is 1.90 bits per heavy atom. The van der Waals surface area contributed by atoms with Gasteiger partial charge >= 0.3 is 0 Å². The summed E-state index contributed by atoms with van der Waals surface area (Å²) >= 11 is 4.94. The van der Waals surface area contributed by atoms with E-state index in [1.807, 2.05) is 6.92 Å². The molecule has 2 aliphatic rings. The van der Waals surface area contributed by atoms with Crippen LogP contribution in [0.2, 0.25) is 0 Å². The van der Waals surface area contributed by atoms with Crippen LogP contribution in [-0.4, -0.2) is 65.5 Å². The van der Waals surface area contributed by atoms with E-state index in [1.165, 1.54) is 12.8 Å². The molecule has 2 rings (SSSR count). The van der Waals surface area contributed by atoms with Gasteiger partial charge in [-0.15, -0.1) is 0 Å². The van der Waals surface area contributed by atoms with Crippen molar-refractivity contribution < 1.29 is 4.79 Å². The average molecular weight is 298 g/mol. The fraction of sp³-hybridized carbons (Fsp3) is 0.857. The van der Waals surface area contributed by atoms with Crippen LogP contribution in [-0.2, 0) is 4.79 Å². The van der Waals surface area contributed by atoms with Crippen molar-refractivity contribution in [2.45, 2.75) is 44.7 Å². The van der Waals surface area contributed by atoms with Crippen LogP contribution in [0.15, 0.2) is 0 Å². The molecular weight excluding hydrogens is 272 g/mol. The van der Waals surface area contributed by atoms with E-state index >= 15 is 0 Å². The first-order chi connectivity index (χ1) is 9.56. The third-order valence-corrected chi connectivity index (χ3v) is 4.54. The van der Waals surface area contributed by atoms with Crippen LogP contribution in [0, 0.1) is 0 Å². The van der Waals surface area contributed by atoms with Crippen LogP contribution in [0.4, 0.5) is 0 Å². The molecule has 6 heteroatoms. The maximum atomic E-state index is 12.3. The first-order valence-corrected chi connectivity index (χ1v) is 8.02. The molecule has 3 N–H and O–H groups in total. The van der Waals surface area contributed by atoms with Gasteiger partial charge in [0.15, 0.2) is 0 Å². The van der Waals surface area contributed by atoms with E-state index in [9.17, 15) is 4.79 Å². The quantitative estimate of drug-likeness (QED) is 0.717. The van der Waals surface area contributed by atoms with E-state index in [-0.39, 0.29) is 11.9 Å². The number of hydrogen-bond acceptors (Lipinski definition) is 4. The summed E-state index contributed by atoms with van der Waals surface area (Å²) in [5.41, 5.74) is 5.57. The Morgan fingerprint density at radius 1 is 1.30 bits per heavy atom. The fourth-order valence-corrected chi connectivity index (χ4v) is 3.27. The molecule has 1 aliphatic heterocycles. The Morgan fingerprint density at radius 3 is 2.45 bits per heavy atom. The molecule has 1 saturated carbocycles. The highest BCUT2D eigenvalue weighted by atomic mass is 32.1. The van der Waals surface area contributed by atoms with Gasteiger partial charge in [0.1, 0.15) is 0 Å². The summed E-state index contributed by atoms with van der Waals surface area (Å²) in [6.45, 7) is 6.36. The van der Waals surface area contributed by atoms with E-state index in [1.54, 1.807) is 0 Å². The van der Waals surface area contributed by atoms with E-state index in [0.717, 1.165) is 39.0 Å². The lowest BCUT2D eigenvalue weighted by atomic mass is 10.2. The molecule has 0 radical (unpaired) electrons. The normalized spacial score (nSPS) is 23.6. The van der Waals surface area contributed by atoms with Crippen LogP contribution in [0.25, 0.3) is 0 Å². The first-order valence-electron chi connectivity index (χ1n) is 7.61. The van der Waals surface area contributed by atoms with E-state index in [4.69, 9.17) is 18.0 Å². The Labute approximate surface area is 126 Å². The lowest BCUT2D eigenvalue weighted by molar-refractivity contribution is -0.127. The zero-order valence-electron chi connectivity index (χ0n) is 12.3. The molecule has 1 heterocycles. The maximum absolute atomic E-state index is 12.3. The number of nitrogens with zero attached hydrogens (tertiary/aromatic N) is 2. The van der Waals surface area contributed by atoms with Gasteiger partial charge in [-0.2, -0.15) is 0 Å². The maximum Gasteiger partial charge on any atom is 0.237 e. The summed E-state index contributed by atoms with van der Waals surface area (Å²) in [4.78, 5) is 17.3. The molecule has 0 aromatic rings. The Bertz CT molecular complexity index is 349. The monoisotopic (exact) mass is 298 g/mol. The number of thiocarbonyl (C=S) groups is 1. The number of amides is 1. The number of hydrogen-bond donors (Lipinski definition) is 2. The van der Waals surface area contributed by atoms with E-state index in [2.05, 4.69) is 15.1 Å². The Balaban J connectivity index is 1.74. The predicted molar refractivity (Wildman–Crippen MR) is 84.7 cm³/mol. The van der Waals surface area contributed by atoms with Gasteiger partial charge in [-0.25, -0.2) is 0 Å². The molecule has 0 aromatic heterocycles. The summed E-state index contributed by atoms with van der Waals surface area (Å²) in [7, 11) is 0. The minimum Gasteiger partial charge on any atom is -0.392 e. The number of nitrogens with two attached hydrogens (primary N) is 1. The minimum atomic E-state index is -0.0393. The number of piperazine rings is 1. The van der Waals surface area contributed by atoms with Crippen LogP contribution >= 0.6 is 12.2 Å². The van der Waals surface area contributed by atoms with Crippen LogP contribution in [0.1, 0.15) is 32.6 Å². The highest BCUT2D eigenvalue weighted by molar-refractivity contribution is 7.80. The molecule has 2 fully saturated rings.